The van der Waals surface area contributed by atoms with Crippen LogP contribution >= 0.6 is 23.7 Å². The van der Waals surface area contributed by atoms with Crippen molar-refractivity contribution in [1.82, 2.24) is 10.6 Å². The molecule has 1 saturated heterocycles. The van der Waals surface area contributed by atoms with Gasteiger partial charge in [-0.1, -0.05) is 6.92 Å². The van der Waals surface area contributed by atoms with Crippen LogP contribution in [-0.4, -0.2) is 25.5 Å². The molecule has 1 atom stereocenters. The Balaban J connectivity index is 0.00000180. The van der Waals surface area contributed by atoms with Crippen molar-refractivity contribution in [3.8, 4) is 0 Å². The van der Waals surface area contributed by atoms with Crippen LogP contribution in [-0.2, 0) is 6.42 Å². The number of rotatable bonds is 5. The Bertz CT molecular complexity index is 389. The lowest BCUT2D eigenvalue weighted by Gasteiger charge is -2.22. The molecule has 1 aliphatic rings. The van der Waals surface area contributed by atoms with Gasteiger partial charge in [-0.3, -0.25) is 4.79 Å². The maximum absolute atomic E-state index is 12.0. The van der Waals surface area contributed by atoms with Crippen LogP contribution in [0.4, 0.5) is 0 Å². The quantitative estimate of drug-likeness (QED) is 0.878. The molecule has 1 amide bonds. The second-order valence-corrected chi connectivity index (χ2v) is 5.80. The molecule has 1 aliphatic heterocycles. The van der Waals surface area contributed by atoms with Crippen LogP contribution in [0.2, 0.25) is 0 Å². The highest BCUT2D eigenvalue weighted by Gasteiger charge is 2.14. The van der Waals surface area contributed by atoms with E-state index in [1.807, 2.05) is 11.4 Å². The summed E-state index contributed by atoms with van der Waals surface area (Å²) in [6.07, 6.45) is 4.58. The molecular formula is C14H23ClN2OS. The van der Waals surface area contributed by atoms with Crippen LogP contribution in [0.25, 0.3) is 0 Å². The van der Waals surface area contributed by atoms with E-state index in [0.29, 0.717) is 0 Å². The number of halogens is 1. The first-order valence-electron chi connectivity index (χ1n) is 6.86. The molecule has 0 saturated carbocycles. The van der Waals surface area contributed by atoms with Gasteiger partial charge in [-0.15, -0.1) is 23.7 Å². The van der Waals surface area contributed by atoms with E-state index in [1.54, 1.807) is 11.3 Å². The summed E-state index contributed by atoms with van der Waals surface area (Å²) in [6, 6.07) is 2.05. The molecule has 3 nitrogen and oxygen atoms in total. The summed E-state index contributed by atoms with van der Waals surface area (Å²) in [4.78, 5) is 12.9. The summed E-state index contributed by atoms with van der Waals surface area (Å²) in [6.45, 7) is 5.14. The topological polar surface area (TPSA) is 41.1 Å². The van der Waals surface area contributed by atoms with Gasteiger partial charge in [-0.05, 0) is 61.7 Å². The fraction of sp³-hybridized carbons (Fsp3) is 0.643. The minimum Gasteiger partial charge on any atom is -0.351 e. The van der Waals surface area contributed by atoms with E-state index in [2.05, 4.69) is 17.6 Å². The maximum Gasteiger partial charge on any atom is 0.261 e. The van der Waals surface area contributed by atoms with Gasteiger partial charge in [0.25, 0.3) is 5.91 Å². The molecule has 0 aromatic carbocycles. The standard InChI is InChI=1S/C14H22N2OS.ClH/c1-2-12-6-9-18-13(12)14(17)16-8-5-11-4-3-7-15-10-11;/h6,9,11,15H,2-5,7-8,10H2,1H3,(H,16,17);1H. The first-order valence-corrected chi connectivity index (χ1v) is 7.74. The molecule has 1 aromatic rings. The van der Waals surface area contributed by atoms with Crippen molar-refractivity contribution in [2.24, 2.45) is 5.92 Å². The number of hydrogen-bond acceptors (Lipinski definition) is 3. The van der Waals surface area contributed by atoms with Crippen molar-refractivity contribution in [3.63, 3.8) is 0 Å². The fourth-order valence-corrected chi connectivity index (χ4v) is 3.37. The summed E-state index contributed by atoms with van der Waals surface area (Å²) in [5.41, 5.74) is 1.16. The Morgan fingerprint density at radius 2 is 2.42 bits per heavy atom. The van der Waals surface area contributed by atoms with Gasteiger partial charge in [-0.2, -0.15) is 0 Å². The van der Waals surface area contributed by atoms with Crippen molar-refractivity contribution >= 4 is 29.7 Å². The van der Waals surface area contributed by atoms with Crippen LogP contribution in [0.15, 0.2) is 11.4 Å². The predicted molar refractivity (Wildman–Crippen MR) is 83.5 cm³/mol. The van der Waals surface area contributed by atoms with E-state index in [-0.39, 0.29) is 18.3 Å². The van der Waals surface area contributed by atoms with Gasteiger partial charge in [0, 0.05) is 6.54 Å². The number of amides is 1. The zero-order chi connectivity index (χ0) is 12.8. The minimum atomic E-state index is 0. The lowest BCUT2D eigenvalue weighted by atomic mass is 9.96. The van der Waals surface area contributed by atoms with Crippen molar-refractivity contribution in [1.29, 1.82) is 0 Å². The molecule has 0 aliphatic carbocycles. The molecule has 0 bridgehead atoms. The number of thiophene rings is 1. The molecule has 1 unspecified atom stereocenters. The van der Waals surface area contributed by atoms with E-state index in [1.165, 1.54) is 12.8 Å². The Kier molecular flexibility index (Phi) is 7.42. The third kappa shape index (κ3) is 4.79. The van der Waals surface area contributed by atoms with Gasteiger partial charge in [-0.25, -0.2) is 0 Å². The lowest BCUT2D eigenvalue weighted by molar-refractivity contribution is 0.0954. The van der Waals surface area contributed by atoms with Crippen molar-refractivity contribution in [3.05, 3.63) is 21.9 Å². The average molecular weight is 303 g/mol. The van der Waals surface area contributed by atoms with Gasteiger partial charge in [0.2, 0.25) is 0 Å². The number of carbonyl (C=O) groups is 1. The van der Waals surface area contributed by atoms with E-state index >= 15 is 0 Å². The zero-order valence-electron chi connectivity index (χ0n) is 11.4. The molecule has 2 N–H and O–H groups in total. The average Bonchev–Trinajstić information content (AvgIpc) is 2.88. The highest BCUT2D eigenvalue weighted by Crippen LogP contribution is 2.17. The van der Waals surface area contributed by atoms with Crippen LogP contribution in [0.5, 0.6) is 0 Å². The van der Waals surface area contributed by atoms with E-state index in [4.69, 9.17) is 0 Å². The van der Waals surface area contributed by atoms with Gasteiger partial charge >= 0.3 is 0 Å². The molecule has 0 radical (unpaired) electrons. The number of piperidine rings is 1. The summed E-state index contributed by atoms with van der Waals surface area (Å²) in [7, 11) is 0. The Morgan fingerprint density at radius 3 is 3.11 bits per heavy atom. The molecular weight excluding hydrogens is 280 g/mol. The highest BCUT2D eigenvalue weighted by atomic mass is 35.5. The van der Waals surface area contributed by atoms with Crippen LogP contribution in [0, 0.1) is 5.92 Å². The summed E-state index contributed by atoms with van der Waals surface area (Å²) in [5, 5.41) is 8.46. The Hall–Kier alpha value is -0.580. The number of aryl methyl sites for hydroxylation is 1. The number of hydrogen-bond donors (Lipinski definition) is 2. The second kappa shape index (κ2) is 8.56. The second-order valence-electron chi connectivity index (χ2n) is 4.89. The van der Waals surface area contributed by atoms with Crippen molar-refractivity contribution in [2.75, 3.05) is 19.6 Å². The summed E-state index contributed by atoms with van der Waals surface area (Å²) < 4.78 is 0. The first-order chi connectivity index (χ1) is 8.81. The van der Waals surface area contributed by atoms with Gasteiger partial charge in [0.05, 0.1) is 4.88 Å². The lowest BCUT2D eigenvalue weighted by Crippen LogP contribution is -2.33. The zero-order valence-corrected chi connectivity index (χ0v) is 13.0. The van der Waals surface area contributed by atoms with Gasteiger partial charge in [0.1, 0.15) is 0 Å². The van der Waals surface area contributed by atoms with Crippen LogP contribution in [0.3, 0.4) is 0 Å². The molecule has 0 spiro atoms. The normalized spacial score (nSPS) is 18.7. The van der Waals surface area contributed by atoms with Crippen molar-refractivity contribution in [2.45, 2.75) is 32.6 Å². The maximum atomic E-state index is 12.0. The van der Waals surface area contributed by atoms with Crippen molar-refractivity contribution < 1.29 is 4.79 Å². The SMILES string of the molecule is CCc1ccsc1C(=O)NCCC1CCCNC1.Cl. The molecule has 19 heavy (non-hydrogen) atoms. The molecule has 5 heteroatoms. The van der Waals surface area contributed by atoms with Crippen LogP contribution in [0.1, 0.15) is 41.4 Å². The number of carbonyl (C=O) groups excluding carboxylic acids is 1. The Morgan fingerprint density at radius 1 is 1.58 bits per heavy atom. The first kappa shape index (κ1) is 16.5. The summed E-state index contributed by atoms with van der Waals surface area (Å²) in [5.74, 6) is 0.832. The predicted octanol–water partition coefficient (Wildman–Crippen LogP) is 2.85. The highest BCUT2D eigenvalue weighted by molar-refractivity contribution is 7.12. The monoisotopic (exact) mass is 302 g/mol. The van der Waals surface area contributed by atoms with E-state index < -0.39 is 0 Å². The molecule has 2 heterocycles. The fourth-order valence-electron chi connectivity index (χ4n) is 2.45. The Labute approximate surface area is 125 Å². The van der Waals surface area contributed by atoms with E-state index in [0.717, 1.165) is 48.8 Å². The number of nitrogens with one attached hydrogen (secondary N) is 2. The molecule has 108 valence electrons. The third-order valence-corrected chi connectivity index (χ3v) is 4.53. The third-order valence-electron chi connectivity index (χ3n) is 3.57. The van der Waals surface area contributed by atoms with Gasteiger partial charge < -0.3 is 10.6 Å². The van der Waals surface area contributed by atoms with E-state index in [9.17, 15) is 4.79 Å². The largest absolute Gasteiger partial charge is 0.351 e. The molecule has 1 aromatic heterocycles. The van der Waals surface area contributed by atoms with Gasteiger partial charge in [0.15, 0.2) is 0 Å². The minimum absolute atomic E-state index is 0. The van der Waals surface area contributed by atoms with Crippen LogP contribution < -0.4 is 10.6 Å². The molecule has 1 fully saturated rings. The smallest absolute Gasteiger partial charge is 0.261 e. The molecule has 2 rings (SSSR count). The summed E-state index contributed by atoms with van der Waals surface area (Å²) >= 11 is 1.54.